The van der Waals surface area contributed by atoms with Gasteiger partial charge in [0, 0.05) is 0 Å². The van der Waals surface area contributed by atoms with Crippen LogP contribution in [0.1, 0.15) is 24.0 Å². The third-order valence-electron chi connectivity index (χ3n) is 3.93. The van der Waals surface area contributed by atoms with Gasteiger partial charge in [0.05, 0.1) is 36.7 Å². The summed E-state index contributed by atoms with van der Waals surface area (Å²) in [5.74, 6) is -0.455. The van der Waals surface area contributed by atoms with Crippen molar-refractivity contribution >= 4 is 11.7 Å². The highest BCUT2D eigenvalue weighted by molar-refractivity contribution is 5.75. The third kappa shape index (κ3) is 4.21. The van der Waals surface area contributed by atoms with Gasteiger partial charge in [-0.2, -0.15) is 0 Å². The molecule has 0 bridgehead atoms. The molecule has 8 heteroatoms. The molecule has 1 atom stereocenters. The molecule has 0 aliphatic rings. The molecule has 26 heavy (non-hydrogen) atoms. The van der Waals surface area contributed by atoms with Crippen molar-refractivity contribution in [1.29, 1.82) is 0 Å². The van der Waals surface area contributed by atoms with Gasteiger partial charge in [0.1, 0.15) is 12.4 Å². The molecule has 0 radical (unpaired) electrons. The maximum absolute atomic E-state index is 11.3. The van der Waals surface area contributed by atoms with Crippen LogP contribution in [-0.4, -0.2) is 30.2 Å². The lowest BCUT2D eigenvalue weighted by Gasteiger charge is -2.12. The Hall–Kier alpha value is -3.29. The molecular formula is C18H19NO7. The minimum Gasteiger partial charge on any atom is -0.493 e. The Morgan fingerprint density at radius 3 is 2.23 bits per heavy atom. The summed E-state index contributed by atoms with van der Waals surface area (Å²) in [6.45, 7) is 1.54. The second kappa shape index (κ2) is 8.19. The Bertz CT molecular complexity index is 802. The summed E-state index contributed by atoms with van der Waals surface area (Å²) in [6.07, 6.45) is 0. The average molecular weight is 361 g/mol. The van der Waals surface area contributed by atoms with Crippen molar-refractivity contribution in [2.75, 3.05) is 14.2 Å². The predicted molar refractivity (Wildman–Crippen MR) is 93.0 cm³/mol. The highest BCUT2D eigenvalue weighted by atomic mass is 16.6. The van der Waals surface area contributed by atoms with Gasteiger partial charge in [-0.1, -0.05) is 12.1 Å². The number of hydrogen-bond donors (Lipinski definition) is 1. The van der Waals surface area contributed by atoms with E-state index in [1.54, 1.807) is 31.2 Å². The van der Waals surface area contributed by atoms with E-state index in [-0.39, 0.29) is 18.0 Å². The van der Waals surface area contributed by atoms with Gasteiger partial charge in [0.15, 0.2) is 11.5 Å². The summed E-state index contributed by atoms with van der Waals surface area (Å²) in [5, 5.41) is 20.3. The Morgan fingerprint density at radius 2 is 1.73 bits per heavy atom. The number of rotatable bonds is 8. The SMILES string of the molecule is COc1cc(COc2ccc(C(C)C(=O)O)cc2)c([N+](=O)[O-])cc1OC. The number of nitro groups is 1. The fourth-order valence-electron chi connectivity index (χ4n) is 2.35. The predicted octanol–water partition coefficient (Wildman–Crippen LogP) is 3.38. The number of aliphatic carboxylic acids is 1. The Balaban J connectivity index is 2.20. The number of carbonyl (C=O) groups is 1. The van der Waals surface area contributed by atoms with Crippen LogP contribution in [0, 0.1) is 10.1 Å². The largest absolute Gasteiger partial charge is 0.493 e. The average Bonchev–Trinajstić information content (AvgIpc) is 2.65. The van der Waals surface area contributed by atoms with Crippen molar-refractivity contribution in [3.63, 3.8) is 0 Å². The molecule has 0 aliphatic carbocycles. The van der Waals surface area contributed by atoms with Crippen molar-refractivity contribution < 1.29 is 29.0 Å². The summed E-state index contributed by atoms with van der Waals surface area (Å²) < 4.78 is 15.9. The number of nitrogens with zero attached hydrogens (tertiary/aromatic N) is 1. The number of ether oxygens (including phenoxy) is 3. The highest BCUT2D eigenvalue weighted by Gasteiger charge is 2.20. The normalized spacial score (nSPS) is 11.5. The zero-order chi connectivity index (χ0) is 19.3. The van der Waals surface area contributed by atoms with Crippen LogP contribution in [-0.2, 0) is 11.4 Å². The van der Waals surface area contributed by atoms with Crippen LogP contribution in [0.25, 0.3) is 0 Å². The lowest BCUT2D eigenvalue weighted by atomic mass is 10.0. The quantitative estimate of drug-likeness (QED) is 0.567. The molecule has 138 valence electrons. The van der Waals surface area contributed by atoms with Crippen LogP contribution in [0.2, 0.25) is 0 Å². The molecular weight excluding hydrogens is 342 g/mol. The fraction of sp³-hybridized carbons (Fsp3) is 0.278. The van der Waals surface area contributed by atoms with Gasteiger partial charge >= 0.3 is 5.97 Å². The summed E-state index contributed by atoms with van der Waals surface area (Å²) in [7, 11) is 2.84. The maximum atomic E-state index is 11.3. The summed E-state index contributed by atoms with van der Waals surface area (Å²) in [6, 6.07) is 9.34. The van der Waals surface area contributed by atoms with Crippen molar-refractivity contribution in [3.8, 4) is 17.2 Å². The second-order valence-corrected chi connectivity index (χ2v) is 5.51. The van der Waals surface area contributed by atoms with Crippen LogP contribution in [0.15, 0.2) is 36.4 Å². The maximum Gasteiger partial charge on any atom is 0.310 e. The first-order valence-corrected chi connectivity index (χ1v) is 7.72. The molecule has 0 saturated heterocycles. The first kappa shape index (κ1) is 19.0. The second-order valence-electron chi connectivity index (χ2n) is 5.51. The van der Waals surface area contributed by atoms with Crippen molar-refractivity contribution in [2.45, 2.75) is 19.4 Å². The van der Waals surface area contributed by atoms with E-state index in [1.807, 2.05) is 0 Å². The van der Waals surface area contributed by atoms with Crippen LogP contribution in [0.4, 0.5) is 5.69 Å². The van der Waals surface area contributed by atoms with Crippen LogP contribution < -0.4 is 14.2 Å². The summed E-state index contributed by atoms with van der Waals surface area (Å²) in [5.41, 5.74) is 0.830. The Kier molecular flexibility index (Phi) is 6.00. The number of carboxylic acids is 1. The van der Waals surface area contributed by atoms with Gasteiger partial charge in [-0.05, 0) is 30.7 Å². The Morgan fingerprint density at radius 1 is 1.15 bits per heavy atom. The van der Waals surface area contributed by atoms with Crippen molar-refractivity contribution in [1.82, 2.24) is 0 Å². The third-order valence-corrected chi connectivity index (χ3v) is 3.93. The van der Waals surface area contributed by atoms with Crippen LogP contribution in [0.3, 0.4) is 0 Å². The molecule has 0 amide bonds. The number of benzene rings is 2. The molecule has 0 heterocycles. The number of nitro benzene ring substituents is 1. The molecule has 2 rings (SSSR count). The zero-order valence-electron chi connectivity index (χ0n) is 14.6. The Labute approximate surface area is 150 Å². The number of hydrogen-bond acceptors (Lipinski definition) is 6. The van der Waals surface area contributed by atoms with Gasteiger partial charge in [0.2, 0.25) is 0 Å². The molecule has 8 nitrogen and oxygen atoms in total. The van der Waals surface area contributed by atoms with E-state index in [1.165, 1.54) is 26.4 Å². The topological polar surface area (TPSA) is 108 Å². The van der Waals surface area contributed by atoms with Gasteiger partial charge in [0.25, 0.3) is 5.69 Å². The first-order chi connectivity index (χ1) is 12.4. The smallest absolute Gasteiger partial charge is 0.310 e. The molecule has 0 aromatic heterocycles. The van der Waals surface area contributed by atoms with E-state index in [0.717, 1.165) is 0 Å². The monoisotopic (exact) mass is 361 g/mol. The van der Waals surface area contributed by atoms with Gasteiger partial charge in [-0.25, -0.2) is 0 Å². The minimum atomic E-state index is -0.917. The molecule has 0 aliphatic heterocycles. The van der Waals surface area contributed by atoms with Crippen molar-refractivity contribution in [2.24, 2.45) is 0 Å². The van der Waals surface area contributed by atoms with E-state index < -0.39 is 16.8 Å². The van der Waals surface area contributed by atoms with E-state index in [4.69, 9.17) is 19.3 Å². The van der Waals surface area contributed by atoms with E-state index in [9.17, 15) is 14.9 Å². The highest BCUT2D eigenvalue weighted by Crippen LogP contribution is 2.35. The summed E-state index contributed by atoms with van der Waals surface area (Å²) >= 11 is 0. The molecule has 1 unspecified atom stereocenters. The van der Waals surface area contributed by atoms with Gasteiger partial charge in [-0.3, -0.25) is 14.9 Å². The standard InChI is InChI=1S/C18H19NO7/c1-11(18(20)21)12-4-6-14(7-5-12)26-10-13-8-16(24-2)17(25-3)9-15(13)19(22)23/h4-9,11H,10H2,1-3H3,(H,20,21). The van der Waals surface area contributed by atoms with Gasteiger partial charge < -0.3 is 19.3 Å². The molecule has 2 aromatic rings. The first-order valence-electron chi connectivity index (χ1n) is 7.72. The van der Waals surface area contributed by atoms with Crippen molar-refractivity contribution in [3.05, 3.63) is 57.6 Å². The zero-order valence-corrected chi connectivity index (χ0v) is 14.6. The minimum absolute atomic E-state index is 0.0511. The van der Waals surface area contributed by atoms with E-state index >= 15 is 0 Å². The fourth-order valence-corrected chi connectivity index (χ4v) is 2.35. The van der Waals surface area contributed by atoms with E-state index in [2.05, 4.69) is 0 Å². The molecule has 0 fully saturated rings. The number of methoxy groups -OCH3 is 2. The lowest BCUT2D eigenvalue weighted by Crippen LogP contribution is -2.07. The van der Waals surface area contributed by atoms with E-state index in [0.29, 0.717) is 22.6 Å². The molecule has 0 saturated carbocycles. The summed E-state index contributed by atoms with van der Waals surface area (Å²) in [4.78, 5) is 21.8. The molecule has 0 spiro atoms. The van der Waals surface area contributed by atoms with Crippen LogP contribution in [0.5, 0.6) is 17.2 Å². The molecule has 1 N–H and O–H groups in total. The molecule has 2 aromatic carbocycles. The van der Waals surface area contributed by atoms with Gasteiger partial charge in [-0.15, -0.1) is 0 Å². The number of carboxylic acid groups (broad SMARTS) is 1. The van der Waals surface area contributed by atoms with Crippen LogP contribution >= 0.6 is 0 Å². The lowest BCUT2D eigenvalue weighted by molar-refractivity contribution is -0.385.